The second-order valence-corrected chi connectivity index (χ2v) is 6.15. The van der Waals surface area contributed by atoms with Crippen molar-refractivity contribution >= 4 is 5.97 Å². The SMILES string of the molecule is C#CC(=O)OCC(C)(CCCCCC)CCCCCC. The molecule has 0 bridgehead atoms. The van der Waals surface area contributed by atoms with Crippen molar-refractivity contribution in [3.8, 4) is 12.3 Å². The molecule has 0 heterocycles. The van der Waals surface area contributed by atoms with Gasteiger partial charge < -0.3 is 4.74 Å². The Bertz CT molecular complexity index is 276. The number of hydrogen-bond acceptors (Lipinski definition) is 2. The van der Waals surface area contributed by atoms with Crippen LogP contribution in [-0.4, -0.2) is 12.6 Å². The van der Waals surface area contributed by atoms with E-state index in [0.29, 0.717) is 6.61 Å². The molecular weight excluding hydrogens is 248 g/mol. The lowest BCUT2D eigenvalue weighted by Crippen LogP contribution is -2.25. The van der Waals surface area contributed by atoms with Crippen molar-refractivity contribution in [2.45, 2.75) is 85.0 Å². The van der Waals surface area contributed by atoms with Crippen LogP contribution in [0.4, 0.5) is 0 Å². The zero-order valence-electron chi connectivity index (χ0n) is 13.7. The molecule has 0 radical (unpaired) electrons. The van der Waals surface area contributed by atoms with Gasteiger partial charge in [0.05, 0.1) is 6.61 Å². The van der Waals surface area contributed by atoms with E-state index in [1.54, 1.807) is 0 Å². The highest BCUT2D eigenvalue weighted by Gasteiger charge is 2.25. The predicted octanol–water partition coefficient (Wildman–Crippen LogP) is 5.11. The fourth-order valence-electron chi connectivity index (χ4n) is 2.51. The van der Waals surface area contributed by atoms with Crippen LogP contribution in [0.15, 0.2) is 0 Å². The third kappa shape index (κ3) is 9.89. The van der Waals surface area contributed by atoms with Gasteiger partial charge in [-0.25, -0.2) is 4.79 Å². The predicted molar refractivity (Wildman–Crippen MR) is 85.4 cm³/mol. The Morgan fingerprint density at radius 3 is 1.90 bits per heavy atom. The van der Waals surface area contributed by atoms with Crippen molar-refractivity contribution in [3.05, 3.63) is 0 Å². The fraction of sp³-hybridized carbons (Fsp3) is 0.833. The quantitative estimate of drug-likeness (QED) is 0.215. The Labute approximate surface area is 125 Å². The first-order valence-corrected chi connectivity index (χ1v) is 8.21. The zero-order valence-corrected chi connectivity index (χ0v) is 13.7. The Hall–Kier alpha value is -0.970. The minimum atomic E-state index is -0.529. The van der Waals surface area contributed by atoms with Crippen molar-refractivity contribution in [2.24, 2.45) is 5.41 Å². The first-order chi connectivity index (χ1) is 9.58. The number of esters is 1. The summed E-state index contributed by atoms with van der Waals surface area (Å²) in [5.74, 6) is 1.50. The summed E-state index contributed by atoms with van der Waals surface area (Å²) >= 11 is 0. The summed E-state index contributed by atoms with van der Waals surface area (Å²) in [7, 11) is 0. The Morgan fingerprint density at radius 1 is 1.00 bits per heavy atom. The van der Waals surface area contributed by atoms with Crippen LogP contribution in [0.1, 0.15) is 85.0 Å². The molecule has 0 aromatic heterocycles. The highest BCUT2D eigenvalue weighted by Crippen LogP contribution is 2.31. The average molecular weight is 280 g/mol. The van der Waals surface area contributed by atoms with Gasteiger partial charge in [0, 0.05) is 11.3 Å². The van der Waals surface area contributed by atoms with Crippen molar-refractivity contribution in [2.75, 3.05) is 6.61 Å². The van der Waals surface area contributed by atoms with Gasteiger partial charge in [0.2, 0.25) is 0 Å². The summed E-state index contributed by atoms with van der Waals surface area (Å²) < 4.78 is 5.20. The van der Waals surface area contributed by atoms with Gasteiger partial charge >= 0.3 is 5.97 Å². The van der Waals surface area contributed by atoms with E-state index < -0.39 is 5.97 Å². The van der Waals surface area contributed by atoms with E-state index in [4.69, 9.17) is 11.2 Å². The van der Waals surface area contributed by atoms with E-state index in [-0.39, 0.29) is 5.41 Å². The summed E-state index contributed by atoms with van der Waals surface area (Å²) in [6.07, 6.45) is 17.3. The molecule has 0 fully saturated rings. The number of terminal acetylenes is 1. The topological polar surface area (TPSA) is 26.3 Å². The molecule has 0 aliphatic heterocycles. The van der Waals surface area contributed by atoms with E-state index in [9.17, 15) is 4.79 Å². The fourth-order valence-corrected chi connectivity index (χ4v) is 2.51. The summed E-state index contributed by atoms with van der Waals surface area (Å²) in [6.45, 7) is 7.14. The first-order valence-electron chi connectivity index (χ1n) is 8.21. The molecule has 116 valence electrons. The van der Waals surface area contributed by atoms with Crippen LogP contribution in [0, 0.1) is 17.8 Å². The molecule has 2 nitrogen and oxygen atoms in total. The minimum Gasteiger partial charge on any atom is -0.456 e. The summed E-state index contributed by atoms with van der Waals surface area (Å²) in [6, 6.07) is 0. The maximum Gasteiger partial charge on any atom is 0.384 e. The van der Waals surface area contributed by atoms with E-state index >= 15 is 0 Å². The van der Waals surface area contributed by atoms with Gasteiger partial charge in [-0.3, -0.25) is 0 Å². The molecule has 0 atom stereocenters. The molecule has 20 heavy (non-hydrogen) atoms. The van der Waals surface area contributed by atoms with Crippen LogP contribution in [0.2, 0.25) is 0 Å². The smallest absolute Gasteiger partial charge is 0.384 e. The van der Waals surface area contributed by atoms with Gasteiger partial charge in [0.15, 0.2) is 0 Å². The largest absolute Gasteiger partial charge is 0.456 e. The second kappa shape index (κ2) is 11.8. The van der Waals surface area contributed by atoms with Gasteiger partial charge in [-0.15, -0.1) is 6.42 Å². The number of rotatable bonds is 12. The number of carbonyl (C=O) groups excluding carboxylic acids is 1. The molecule has 0 amide bonds. The summed E-state index contributed by atoms with van der Waals surface area (Å²) in [4.78, 5) is 11.2. The maximum atomic E-state index is 11.2. The van der Waals surface area contributed by atoms with Gasteiger partial charge in [0.25, 0.3) is 0 Å². The Kier molecular flexibility index (Phi) is 11.3. The molecule has 0 aromatic rings. The number of unbranched alkanes of at least 4 members (excludes halogenated alkanes) is 6. The van der Waals surface area contributed by atoms with Gasteiger partial charge in [-0.1, -0.05) is 72.1 Å². The van der Waals surface area contributed by atoms with E-state index in [1.165, 1.54) is 51.4 Å². The summed E-state index contributed by atoms with van der Waals surface area (Å²) in [5.41, 5.74) is 0.0913. The van der Waals surface area contributed by atoms with Crippen molar-refractivity contribution in [1.29, 1.82) is 0 Å². The Balaban J connectivity index is 4.19. The molecule has 0 saturated carbocycles. The number of carbonyl (C=O) groups is 1. The lowest BCUT2D eigenvalue weighted by molar-refractivity contribution is -0.140. The van der Waals surface area contributed by atoms with E-state index in [2.05, 4.69) is 20.8 Å². The van der Waals surface area contributed by atoms with Gasteiger partial charge in [-0.2, -0.15) is 0 Å². The minimum absolute atomic E-state index is 0.0913. The van der Waals surface area contributed by atoms with Crippen LogP contribution in [0.3, 0.4) is 0 Å². The normalized spacial score (nSPS) is 11.1. The first kappa shape index (κ1) is 19.0. The molecule has 0 aliphatic carbocycles. The second-order valence-electron chi connectivity index (χ2n) is 6.15. The zero-order chi connectivity index (χ0) is 15.3. The van der Waals surface area contributed by atoms with E-state index in [1.807, 2.05) is 5.92 Å². The lowest BCUT2D eigenvalue weighted by Gasteiger charge is -2.29. The highest BCUT2D eigenvalue weighted by atomic mass is 16.5. The molecule has 2 heteroatoms. The Morgan fingerprint density at radius 2 is 1.50 bits per heavy atom. The van der Waals surface area contributed by atoms with Crippen LogP contribution in [0.25, 0.3) is 0 Å². The molecule has 0 rings (SSSR count). The molecule has 0 aromatic carbocycles. The van der Waals surface area contributed by atoms with Crippen LogP contribution < -0.4 is 0 Å². The standard InChI is InChI=1S/C18H32O2/c1-5-8-10-12-14-18(4,15-13-11-9-6-2)16-20-17(19)7-3/h3H,5-6,8-16H2,1-2,4H3. The maximum absolute atomic E-state index is 11.2. The monoisotopic (exact) mass is 280 g/mol. The molecule has 0 saturated heterocycles. The van der Waals surface area contributed by atoms with Crippen molar-refractivity contribution in [3.63, 3.8) is 0 Å². The highest BCUT2D eigenvalue weighted by molar-refractivity contribution is 5.87. The van der Waals surface area contributed by atoms with Crippen LogP contribution in [0.5, 0.6) is 0 Å². The third-order valence-electron chi connectivity index (χ3n) is 3.94. The number of hydrogen-bond donors (Lipinski definition) is 0. The third-order valence-corrected chi connectivity index (χ3v) is 3.94. The van der Waals surface area contributed by atoms with Gasteiger partial charge in [0.1, 0.15) is 0 Å². The van der Waals surface area contributed by atoms with Gasteiger partial charge in [-0.05, 0) is 12.8 Å². The average Bonchev–Trinajstić information content (AvgIpc) is 2.46. The lowest BCUT2D eigenvalue weighted by atomic mass is 9.80. The molecular formula is C18H32O2. The molecule has 0 N–H and O–H groups in total. The molecule has 0 aliphatic rings. The molecule has 0 unspecified atom stereocenters. The summed E-state index contributed by atoms with van der Waals surface area (Å²) in [5, 5.41) is 0. The number of ether oxygens (including phenoxy) is 1. The van der Waals surface area contributed by atoms with Crippen molar-refractivity contribution in [1.82, 2.24) is 0 Å². The van der Waals surface area contributed by atoms with E-state index in [0.717, 1.165) is 12.8 Å². The van der Waals surface area contributed by atoms with Crippen molar-refractivity contribution < 1.29 is 9.53 Å². The van der Waals surface area contributed by atoms with Crippen LogP contribution >= 0.6 is 0 Å². The molecule has 0 spiro atoms. The van der Waals surface area contributed by atoms with Crippen LogP contribution in [-0.2, 0) is 9.53 Å².